The molecule has 32 heavy (non-hydrogen) atoms. The van der Waals surface area contributed by atoms with E-state index >= 15 is 0 Å². The van der Waals surface area contributed by atoms with Crippen molar-refractivity contribution in [2.75, 3.05) is 27.2 Å². The number of aromatic nitrogens is 2. The van der Waals surface area contributed by atoms with Crippen molar-refractivity contribution in [3.8, 4) is 0 Å². The van der Waals surface area contributed by atoms with Crippen LogP contribution in [0, 0.1) is 0 Å². The van der Waals surface area contributed by atoms with Gasteiger partial charge in [0.15, 0.2) is 5.96 Å². The molecule has 3 rings (SSSR count). The molecule has 2 aromatic rings. The van der Waals surface area contributed by atoms with Crippen molar-refractivity contribution >= 4 is 5.96 Å². The van der Waals surface area contributed by atoms with Crippen LogP contribution in [0.25, 0.3) is 0 Å². The Kier molecular flexibility index (Phi) is 8.32. The lowest BCUT2D eigenvalue weighted by Gasteiger charge is -2.35. The van der Waals surface area contributed by atoms with Gasteiger partial charge < -0.3 is 15.0 Å². The first-order valence-electron chi connectivity index (χ1n) is 11.7. The van der Waals surface area contributed by atoms with Gasteiger partial charge in [0, 0.05) is 65.6 Å². The van der Waals surface area contributed by atoms with E-state index in [0.717, 1.165) is 44.4 Å². The molecule has 1 aromatic heterocycles. The molecular formula is C25H40N6O. The summed E-state index contributed by atoms with van der Waals surface area (Å²) >= 11 is 0. The van der Waals surface area contributed by atoms with Gasteiger partial charge in [-0.2, -0.15) is 5.10 Å². The molecule has 1 aromatic carbocycles. The van der Waals surface area contributed by atoms with Crippen LogP contribution in [0.4, 0.5) is 0 Å². The Morgan fingerprint density at radius 1 is 1.19 bits per heavy atom. The lowest BCUT2D eigenvalue weighted by molar-refractivity contribution is -0.0705. The van der Waals surface area contributed by atoms with E-state index in [1.807, 2.05) is 18.8 Å². The van der Waals surface area contributed by atoms with Crippen molar-refractivity contribution in [3.05, 3.63) is 52.8 Å². The van der Waals surface area contributed by atoms with E-state index in [-0.39, 0.29) is 12.2 Å². The first-order chi connectivity index (χ1) is 15.3. The van der Waals surface area contributed by atoms with Crippen LogP contribution in [0.5, 0.6) is 0 Å². The summed E-state index contributed by atoms with van der Waals surface area (Å²) in [6.07, 6.45) is 2.66. The van der Waals surface area contributed by atoms with Crippen LogP contribution in [0.1, 0.15) is 56.0 Å². The second kappa shape index (κ2) is 11.0. The summed E-state index contributed by atoms with van der Waals surface area (Å²) < 4.78 is 7.80. The Labute approximate surface area is 193 Å². The molecule has 1 fully saturated rings. The third-order valence-corrected chi connectivity index (χ3v) is 5.91. The standard InChI is InChI=1S/C25H40N6O/c1-18(2)24-23(16-30(7)28-24)15-29(6)25(26-5)27-12-21-10-8-9-11-22(21)17-31-13-19(3)32-20(4)14-31/h8-11,16,18-20H,12-15,17H2,1-7H3,(H,26,27). The quantitative estimate of drug-likeness (QED) is 0.529. The molecule has 7 heteroatoms. The zero-order valence-electron chi connectivity index (χ0n) is 20.8. The van der Waals surface area contributed by atoms with Crippen molar-refractivity contribution in [1.29, 1.82) is 0 Å². The molecule has 0 spiro atoms. The molecule has 2 atom stereocenters. The molecule has 1 N–H and O–H groups in total. The average Bonchev–Trinajstić information content (AvgIpc) is 3.09. The maximum absolute atomic E-state index is 5.90. The summed E-state index contributed by atoms with van der Waals surface area (Å²) in [4.78, 5) is 9.18. The molecule has 0 amide bonds. The normalized spacial score (nSPS) is 20.1. The van der Waals surface area contributed by atoms with Gasteiger partial charge in [0.25, 0.3) is 0 Å². The molecular weight excluding hydrogens is 400 g/mol. The molecule has 2 unspecified atom stereocenters. The Bertz CT molecular complexity index is 896. The average molecular weight is 441 g/mol. The summed E-state index contributed by atoms with van der Waals surface area (Å²) in [5.74, 6) is 1.28. The Hall–Kier alpha value is -2.38. The van der Waals surface area contributed by atoms with E-state index in [1.165, 1.54) is 16.7 Å². The number of nitrogens with zero attached hydrogens (tertiary/aromatic N) is 5. The largest absolute Gasteiger partial charge is 0.373 e. The fraction of sp³-hybridized carbons (Fsp3) is 0.600. The van der Waals surface area contributed by atoms with Crippen LogP contribution in [-0.2, 0) is 31.4 Å². The summed E-state index contributed by atoms with van der Waals surface area (Å²) in [5.41, 5.74) is 5.05. The van der Waals surface area contributed by atoms with Crippen LogP contribution < -0.4 is 5.32 Å². The minimum absolute atomic E-state index is 0.278. The van der Waals surface area contributed by atoms with E-state index in [4.69, 9.17) is 4.74 Å². The van der Waals surface area contributed by atoms with E-state index in [9.17, 15) is 0 Å². The topological polar surface area (TPSA) is 57.9 Å². The third kappa shape index (κ3) is 6.33. The molecule has 7 nitrogen and oxygen atoms in total. The molecule has 1 saturated heterocycles. The number of hydrogen-bond acceptors (Lipinski definition) is 4. The van der Waals surface area contributed by atoms with Gasteiger partial charge in [-0.25, -0.2) is 0 Å². The predicted molar refractivity (Wildman–Crippen MR) is 131 cm³/mol. The third-order valence-electron chi connectivity index (χ3n) is 5.91. The van der Waals surface area contributed by atoms with E-state index < -0.39 is 0 Å². The van der Waals surface area contributed by atoms with Gasteiger partial charge in [-0.1, -0.05) is 38.1 Å². The van der Waals surface area contributed by atoms with E-state index in [1.54, 1.807) is 0 Å². The summed E-state index contributed by atoms with van der Waals surface area (Å²) in [6.45, 7) is 13.1. The van der Waals surface area contributed by atoms with Crippen molar-refractivity contribution in [1.82, 2.24) is 24.9 Å². The van der Waals surface area contributed by atoms with Crippen molar-refractivity contribution in [2.45, 2.75) is 65.5 Å². The highest BCUT2D eigenvalue weighted by atomic mass is 16.5. The van der Waals surface area contributed by atoms with Crippen molar-refractivity contribution < 1.29 is 4.74 Å². The summed E-state index contributed by atoms with van der Waals surface area (Å²) in [5, 5.41) is 8.20. The molecule has 176 valence electrons. The van der Waals surface area contributed by atoms with Crippen molar-refractivity contribution in [2.24, 2.45) is 12.0 Å². The van der Waals surface area contributed by atoms with Gasteiger partial charge in [-0.3, -0.25) is 14.6 Å². The van der Waals surface area contributed by atoms with Crippen molar-refractivity contribution in [3.63, 3.8) is 0 Å². The number of aliphatic imine (C=N–C) groups is 1. The van der Waals surface area contributed by atoms with E-state index in [2.05, 4.69) is 90.4 Å². The summed E-state index contributed by atoms with van der Waals surface area (Å²) in [6, 6.07) is 8.69. The van der Waals surface area contributed by atoms with Gasteiger partial charge in [-0.05, 0) is 30.9 Å². The number of rotatable bonds is 7. The number of nitrogens with one attached hydrogen (secondary N) is 1. The smallest absolute Gasteiger partial charge is 0.193 e. The highest BCUT2D eigenvalue weighted by molar-refractivity contribution is 5.79. The summed E-state index contributed by atoms with van der Waals surface area (Å²) in [7, 11) is 5.90. The second-order valence-electron chi connectivity index (χ2n) is 9.34. The highest BCUT2D eigenvalue weighted by Crippen LogP contribution is 2.19. The maximum atomic E-state index is 5.90. The second-order valence-corrected chi connectivity index (χ2v) is 9.34. The van der Waals surface area contributed by atoms with Gasteiger partial charge in [0.1, 0.15) is 0 Å². The monoisotopic (exact) mass is 440 g/mol. The van der Waals surface area contributed by atoms with Crippen LogP contribution in [0.3, 0.4) is 0 Å². The number of aryl methyl sites for hydroxylation is 1. The molecule has 2 heterocycles. The van der Waals surface area contributed by atoms with Gasteiger partial charge in [0.2, 0.25) is 0 Å². The molecule has 0 saturated carbocycles. The molecule has 0 radical (unpaired) electrons. The minimum Gasteiger partial charge on any atom is -0.373 e. The number of benzene rings is 1. The number of ether oxygens (including phenoxy) is 1. The zero-order valence-corrected chi connectivity index (χ0v) is 20.8. The predicted octanol–water partition coefficient (Wildman–Crippen LogP) is 3.36. The molecule has 0 aliphatic carbocycles. The lowest BCUT2D eigenvalue weighted by atomic mass is 10.1. The van der Waals surface area contributed by atoms with Gasteiger partial charge in [0.05, 0.1) is 17.9 Å². The maximum Gasteiger partial charge on any atom is 0.193 e. The van der Waals surface area contributed by atoms with Crippen LogP contribution in [0.2, 0.25) is 0 Å². The first-order valence-corrected chi connectivity index (χ1v) is 11.7. The minimum atomic E-state index is 0.278. The number of hydrogen-bond donors (Lipinski definition) is 1. The molecule has 0 bridgehead atoms. The molecule has 1 aliphatic heterocycles. The first kappa shape index (κ1) is 24.3. The van der Waals surface area contributed by atoms with Crippen LogP contribution >= 0.6 is 0 Å². The number of guanidine groups is 1. The SMILES string of the molecule is CN=C(NCc1ccccc1CN1CC(C)OC(C)C1)N(C)Cc1cn(C)nc1C(C)C. The Morgan fingerprint density at radius 3 is 2.47 bits per heavy atom. The fourth-order valence-electron chi connectivity index (χ4n) is 4.59. The Morgan fingerprint density at radius 2 is 1.84 bits per heavy atom. The van der Waals surface area contributed by atoms with E-state index in [0.29, 0.717) is 5.92 Å². The lowest BCUT2D eigenvalue weighted by Crippen LogP contribution is -2.45. The van der Waals surface area contributed by atoms with Gasteiger partial charge in [-0.15, -0.1) is 0 Å². The van der Waals surface area contributed by atoms with Crippen LogP contribution in [0.15, 0.2) is 35.5 Å². The zero-order chi connectivity index (χ0) is 23.3. The number of morpholine rings is 1. The van der Waals surface area contributed by atoms with Crippen LogP contribution in [-0.4, -0.2) is 64.9 Å². The van der Waals surface area contributed by atoms with Gasteiger partial charge >= 0.3 is 0 Å². The molecule has 1 aliphatic rings. The Balaban J connectivity index is 1.64. The fourth-order valence-corrected chi connectivity index (χ4v) is 4.59. The highest BCUT2D eigenvalue weighted by Gasteiger charge is 2.23.